The average Bonchev–Trinajstić information content (AvgIpc) is 3.32. The number of anilines is 1. The number of rotatable bonds is 3. The van der Waals surface area contributed by atoms with Gasteiger partial charge in [-0.25, -0.2) is 0 Å². The van der Waals surface area contributed by atoms with Gasteiger partial charge < -0.3 is 4.90 Å². The maximum atomic E-state index is 4.57. The molecule has 0 amide bonds. The van der Waals surface area contributed by atoms with Crippen molar-refractivity contribution in [1.29, 1.82) is 0 Å². The van der Waals surface area contributed by atoms with Gasteiger partial charge in [0.2, 0.25) is 0 Å². The molecule has 0 aliphatic carbocycles. The molecule has 5 aromatic carbocycles. The second kappa shape index (κ2) is 8.08. The van der Waals surface area contributed by atoms with Crippen LogP contribution in [0.1, 0.15) is 11.1 Å². The van der Waals surface area contributed by atoms with Gasteiger partial charge >= 0.3 is 0 Å². The van der Waals surface area contributed by atoms with Crippen molar-refractivity contribution in [2.24, 2.45) is 0 Å². The zero-order chi connectivity index (χ0) is 24.2. The van der Waals surface area contributed by atoms with Crippen molar-refractivity contribution in [3.63, 3.8) is 0 Å². The molecule has 1 aliphatic rings. The lowest BCUT2D eigenvalue weighted by Crippen LogP contribution is -2.23. The highest BCUT2D eigenvalue weighted by Gasteiger charge is 2.27. The Labute approximate surface area is 214 Å². The first-order valence-electron chi connectivity index (χ1n) is 12.1. The Morgan fingerprint density at radius 3 is 2.17 bits per heavy atom. The fraction of sp³-hybridized carbons (Fsp3) is 0. The molecule has 0 saturated carbocycles. The highest BCUT2D eigenvalue weighted by molar-refractivity contribution is 7.26. The number of fused-ring (bicyclic) bond motifs is 6. The van der Waals surface area contributed by atoms with E-state index < -0.39 is 0 Å². The van der Waals surface area contributed by atoms with Crippen LogP contribution in [0.15, 0.2) is 128 Å². The van der Waals surface area contributed by atoms with E-state index in [2.05, 4.69) is 133 Å². The van der Waals surface area contributed by atoms with Crippen molar-refractivity contribution in [2.75, 3.05) is 4.90 Å². The second-order valence-electron chi connectivity index (χ2n) is 9.15. The number of benzene rings is 5. The summed E-state index contributed by atoms with van der Waals surface area (Å²) < 4.78 is 2.64. The molecule has 0 N–H and O–H groups in total. The van der Waals surface area contributed by atoms with E-state index in [1.807, 2.05) is 11.3 Å². The number of thiophene rings is 1. The summed E-state index contributed by atoms with van der Waals surface area (Å²) in [7, 11) is 0. The van der Waals surface area contributed by atoms with E-state index in [1.54, 1.807) is 0 Å². The zero-order valence-electron chi connectivity index (χ0n) is 19.7. The standard InChI is InChI=1S/C34H23NS/c1-22(35-23(2)26-13-3-4-14-28(26)29-15-5-7-19-32(29)35)24-11-9-12-25(21-24)27-17-10-18-31-30-16-6-8-20-33(30)36-34(27)31/h3-21H,1-2H2. The van der Waals surface area contributed by atoms with Gasteiger partial charge in [-0.05, 0) is 40.5 Å². The third kappa shape index (κ3) is 3.08. The number of hydrogen-bond donors (Lipinski definition) is 0. The van der Waals surface area contributed by atoms with Crippen LogP contribution in [0.4, 0.5) is 5.69 Å². The Bertz CT molecular complexity index is 1840. The van der Waals surface area contributed by atoms with Gasteiger partial charge in [-0.2, -0.15) is 0 Å². The van der Waals surface area contributed by atoms with Crippen LogP contribution in [0, 0.1) is 0 Å². The van der Waals surface area contributed by atoms with E-state index in [1.165, 1.54) is 42.4 Å². The van der Waals surface area contributed by atoms with E-state index in [0.29, 0.717) is 0 Å². The maximum absolute atomic E-state index is 4.57. The molecule has 170 valence electrons. The summed E-state index contributed by atoms with van der Waals surface area (Å²) in [5, 5.41) is 2.63. The molecule has 2 heteroatoms. The normalized spacial score (nSPS) is 12.6. The smallest absolute Gasteiger partial charge is 0.0540 e. The number of hydrogen-bond acceptors (Lipinski definition) is 2. The first-order valence-corrected chi connectivity index (χ1v) is 12.9. The number of para-hydroxylation sites is 1. The Kier molecular flexibility index (Phi) is 4.70. The van der Waals surface area contributed by atoms with Crippen LogP contribution >= 0.6 is 11.3 Å². The van der Waals surface area contributed by atoms with Gasteiger partial charge in [0, 0.05) is 42.7 Å². The summed E-state index contributed by atoms with van der Waals surface area (Å²) in [4.78, 5) is 2.21. The first kappa shape index (κ1) is 20.9. The van der Waals surface area contributed by atoms with E-state index in [9.17, 15) is 0 Å². The van der Waals surface area contributed by atoms with Crippen molar-refractivity contribution in [1.82, 2.24) is 0 Å². The van der Waals surface area contributed by atoms with Gasteiger partial charge in [-0.3, -0.25) is 0 Å². The average molecular weight is 478 g/mol. The van der Waals surface area contributed by atoms with E-state index in [4.69, 9.17) is 0 Å². The third-order valence-corrected chi connectivity index (χ3v) is 8.34. The molecule has 1 nitrogen and oxygen atoms in total. The van der Waals surface area contributed by atoms with E-state index >= 15 is 0 Å². The minimum Gasteiger partial charge on any atom is -0.310 e. The lowest BCUT2D eigenvalue weighted by atomic mass is 9.90. The van der Waals surface area contributed by atoms with E-state index in [-0.39, 0.29) is 0 Å². The maximum Gasteiger partial charge on any atom is 0.0540 e. The molecule has 36 heavy (non-hydrogen) atoms. The third-order valence-electron chi connectivity index (χ3n) is 7.12. The molecule has 0 unspecified atom stereocenters. The minimum atomic E-state index is 0.923. The van der Waals surface area contributed by atoms with Crippen LogP contribution in [-0.2, 0) is 0 Å². The molecule has 1 aromatic heterocycles. The summed E-state index contributed by atoms with van der Waals surface area (Å²) in [6, 6.07) is 41.0. The highest BCUT2D eigenvalue weighted by atomic mass is 32.1. The summed E-state index contributed by atoms with van der Waals surface area (Å²) in [6.45, 7) is 9.07. The van der Waals surface area contributed by atoms with Gasteiger partial charge in [0.15, 0.2) is 0 Å². The topological polar surface area (TPSA) is 3.24 Å². The van der Waals surface area contributed by atoms with Gasteiger partial charge in [0.1, 0.15) is 0 Å². The molecule has 0 fully saturated rings. The molecular weight excluding hydrogens is 454 g/mol. The van der Waals surface area contributed by atoms with Crippen molar-refractivity contribution >= 4 is 48.6 Å². The predicted octanol–water partition coefficient (Wildman–Crippen LogP) is 9.85. The molecule has 0 spiro atoms. The van der Waals surface area contributed by atoms with Crippen molar-refractivity contribution < 1.29 is 0 Å². The molecule has 0 bridgehead atoms. The van der Waals surface area contributed by atoms with Crippen LogP contribution in [0.25, 0.3) is 53.8 Å². The SMILES string of the molecule is C=C(c1cccc(-c2cccc3c2sc2ccccc23)c1)N1C(=C)c2ccccc2-c2ccccc21. The van der Waals surface area contributed by atoms with Crippen LogP contribution in [0.2, 0.25) is 0 Å². The number of nitrogens with zero attached hydrogens (tertiary/aromatic N) is 1. The molecule has 2 heterocycles. The van der Waals surface area contributed by atoms with Crippen molar-refractivity contribution in [3.8, 4) is 22.3 Å². The zero-order valence-corrected chi connectivity index (χ0v) is 20.6. The highest BCUT2D eigenvalue weighted by Crippen LogP contribution is 2.47. The van der Waals surface area contributed by atoms with Gasteiger partial charge in [-0.15, -0.1) is 11.3 Å². The van der Waals surface area contributed by atoms with Crippen molar-refractivity contribution in [3.05, 3.63) is 140 Å². The molecule has 0 atom stereocenters. The fourth-order valence-electron chi connectivity index (χ4n) is 5.41. The monoisotopic (exact) mass is 477 g/mol. The minimum absolute atomic E-state index is 0.923. The quantitative estimate of drug-likeness (QED) is 0.245. The lowest BCUT2D eigenvalue weighted by molar-refractivity contribution is 1.28. The summed E-state index contributed by atoms with van der Waals surface area (Å²) in [6.07, 6.45) is 0. The predicted molar refractivity (Wildman–Crippen MR) is 157 cm³/mol. The molecule has 1 aliphatic heterocycles. The van der Waals surface area contributed by atoms with Gasteiger partial charge in [-0.1, -0.05) is 110 Å². The van der Waals surface area contributed by atoms with Gasteiger partial charge in [0.25, 0.3) is 0 Å². The Morgan fingerprint density at radius 2 is 1.28 bits per heavy atom. The molecular formula is C34H23NS. The van der Waals surface area contributed by atoms with Crippen LogP contribution in [0.3, 0.4) is 0 Å². The molecule has 7 rings (SSSR count). The Hall–Kier alpha value is -4.40. The molecule has 6 aromatic rings. The largest absolute Gasteiger partial charge is 0.310 e. The van der Waals surface area contributed by atoms with Crippen LogP contribution in [0.5, 0.6) is 0 Å². The summed E-state index contributed by atoms with van der Waals surface area (Å²) in [5.41, 5.74) is 10.1. The van der Waals surface area contributed by atoms with Gasteiger partial charge in [0.05, 0.1) is 5.69 Å². The first-order chi connectivity index (χ1) is 17.7. The summed E-state index contributed by atoms with van der Waals surface area (Å²) in [5.74, 6) is 0. The fourth-order valence-corrected chi connectivity index (χ4v) is 6.65. The lowest BCUT2D eigenvalue weighted by Gasteiger charge is -2.36. The van der Waals surface area contributed by atoms with Crippen LogP contribution in [-0.4, -0.2) is 0 Å². The van der Waals surface area contributed by atoms with Crippen LogP contribution < -0.4 is 4.90 Å². The van der Waals surface area contributed by atoms with E-state index in [0.717, 1.165) is 28.2 Å². The molecule has 0 radical (unpaired) electrons. The van der Waals surface area contributed by atoms with Crippen molar-refractivity contribution in [2.45, 2.75) is 0 Å². The Morgan fingerprint density at radius 1 is 0.611 bits per heavy atom. The Balaban J connectivity index is 1.35. The second-order valence-corrected chi connectivity index (χ2v) is 10.2. The summed E-state index contributed by atoms with van der Waals surface area (Å²) >= 11 is 1.86. The molecule has 0 saturated heterocycles.